The Labute approximate surface area is 125 Å². The number of benzene rings is 1. The Hall–Kier alpha value is -2.10. The van der Waals surface area contributed by atoms with Gasteiger partial charge in [0.1, 0.15) is 11.5 Å². The van der Waals surface area contributed by atoms with E-state index in [0.717, 1.165) is 36.0 Å². The summed E-state index contributed by atoms with van der Waals surface area (Å²) in [6.07, 6.45) is 3.37. The summed E-state index contributed by atoms with van der Waals surface area (Å²) >= 11 is 0. The van der Waals surface area contributed by atoms with Crippen molar-refractivity contribution in [3.8, 4) is 0 Å². The zero-order valence-corrected chi connectivity index (χ0v) is 12.6. The van der Waals surface area contributed by atoms with Crippen molar-refractivity contribution in [3.05, 3.63) is 36.0 Å². The maximum absolute atomic E-state index is 12.8. The van der Waals surface area contributed by atoms with Crippen molar-refractivity contribution in [2.75, 3.05) is 18.9 Å². The molecule has 0 aliphatic carbocycles. The molecule has 1 aliphatic rings. The van der Waals surface area contributed by atoms with Gasteiger partial charge in [0.2, 0.25) is 0 Å². The minimum Gasteiger partial charge on any atom is -0.373 e. The van der Waals surface area contributed by atoms with Crippen molar-refractivity contribution in [1.82, 2.24) is 9.88 Å². The lowest BCUT2D eigenvalue weighted by atomic mass is 10.0. The maximum Gasteiger partial charge on any atom is 0.272 e. The monoisotopic (exact) mass is 283 g/mol. The highest BCUT2D eigenvalue weighted by Gasteiger charge is 2.25. The van der Waals surface area contributed by atoms with Gasteiger partial charge < -0.3 is 10.2 Å². The smallest absolute Gasteiger partial charge is 0.272 e. The minimum atomic E-state index is 0.0458. The average molecular weight is 283 g/mol. The molecule has 1 aromatic carbocycles. The molecule has 1 amide bonds. The number of likely N-dealkylation sites (tertiary alicyclic amines) is 1. The van der Waals surface area contributed by atoms with Gasteiger partial charge in [-0.05, 0) is 37.6 Å². The maximum atomic E-state index is 12.8. The molecule has 2 heterocycles. The molecular weight excluding hydrogens is 262 g/mol. The van der Waals surface area contributed by atoms with Crippen LogP contribution in [0.15, 0.2) is 30.3 Å². The van der Waals surface area contributed by atoms with Gasteiger partial charge in [-0.3, -0.25) is 4.79 Å². The number of hydrogen-bond donors (Lipinski definition) is 1. The summed E-state index contributed by atoms with van der Waals surface area (Å²) in [6.45, 7) is 2.96. The molecule has 1 saturated heterocycles. The lowest BCUT2D eigenvalue weighted by Gasteiger charge is -2.33. The Balaban J connectivity index is 2.01. The first-order chi connectivity index (χ1) is 10.2. The highest BCUT2D eigenvalue weighted by Crippen LogP contribution is 2.24. The van der Waals surface area contributed by atoms with Crippen molar-refractivity contribution in [2.45, 2.75) is 32.2 Å². The number of amides is 1. The van der Waals surface area contributed by atoms with E-state index >= 15 is 0 Å². The number of piperidine rings is 1. The molecule has 1 aromatic heterocycles. The number of anilines is 1. The van der Waals surface area contributed by atoms with Gasteiger partial charge in [0.05, 0.1) is 0 Å². The number of pyridine rings is 1. The molecule has 3 rings (SSSR count). The van der Waals surface area contributed by atoms with Gasteiger partial charge in [0.15, 0.2) is 0 Å². The van der Waals surface area contributed by atoms with Gasteiger partial charge in [-0.25, -0.2) is 4.98 Å². The quantitative estimate of drug-likeness (QED) is 0.920. The SMILES string of the molecule is CNc1nc(C(=O)N2CCCCC2C)cc2ccccc12. The predicted molar refractivity (Wildman–Crippen MR) is 85.6 cm³/mol. The molecule has 2 aromatic rings. The van der Waals surface area contributed by atoms with Gasteiger partial charge in [-0.15, -0.1) is 0 Å². The summed E-state index contributed by atoms with van der Waals surface area (Å²) in [7, 11) is 1.84. The van der Waals surface area contributed by atoms with E-state index in [9.17, 15) is 4.79 Å². The number of nitrogens with one attached hydrogen (secondary N) is 1. The normalized spacial score (nSPS) is 18.8. The van der Waals surface area contributed by atoms with Crippen LogP contribution in [0.1, 0.15) is 36.7 Å². The van der Waals surface area contributed by atoms with Crippen LogP contribution in [-0.2, 0) is 0 Å². The number of aromatic nitrogens is 1. The molecule has 1 unspecified atom stereocenters. The Morgan fingerprint density at radius 1 is 1.33 bits per heavy atom. The fourth-order valence-electron chi connectivity index (χ4n) is 3.05. The second-order valence-electron chi connectivity index (χ2n) is 5.67. The molecular formula is C17H21N3O. The second kappa shape index (κ2) is 5.72. The van der Waals surface area contributed by atoms with Gasteiger partial charge in [0, 0.05) is 25.0 Å². The molecule has 21 heavy (non-hydrogen) atoms. The number of carbonyl (C=O) groups excluding carboxylic acids is 1. The summed E-state index contributed by atoms with van der Waals surface area (Å²) in [6, 6.07) is 10.2. The highest BCUT2D eigenvalue weighted by atomic mass is 16.2. The van der Waals surface area contributed by atoms with E-state index in [1.165, 1.54) is 6.42 Å². The summed E-state index contributed by atoms with van der Waals surface area (Å²) in [5.74, 6) is 0.811. The van der Waals surface area contributed by atoms with E-state index in [0.29, 0.717) is 11.7 Å². The van der Waals surface area contributed by atoms with E-state index in [1.54, 1.807) is 0 Å². The van der Waals surface area contributed by atoms with Gasteiger partial charge >= 0.3 is 0 Å². The predicted octanol–water partition coefficient (Wildman–Crippen LogP) is 3.29. The second-order valence-corrected chi connectivity index (χ2v) is 5.67. The average Bonchev–Trinajstić information content (AvgIpc) is 2.53. The molecule has 1 atom stereocenters. The summed E-state index contributed by atoms with van der Waals surface area (Å²) < 4.78 is 0. The van der Waals surface area contributed by atoms with Gasteiger partial charge in [-0.2, -0.15) is 0 Å². The summed E-state index contributed by atoms with van der Waals surface area (Å²) in [4.78, 5) is 19.2. The Morgan fingerprint density at radius 2 is 2.14 bits per heavy atom. The van der Waals surface area contributed by atoms with E-state index in [4.69, 9.17) is 0 Å². The number of rotatable bonds is 2. The molecule has 1 aliphatic heterocycles. The third-order valence-electron chi connectivity index (χ3n) is 4.26. The van der Waals surface area contributed by atoms with E-state index < -0.39 is 0 Å². The fraction of sp³-hybridized carbons (Fsp3) is 0.412. The van der Waals surface area contributed by atoms with Crippen molar-refractivity contribution in [2.24, 2.45) is 0 Å². The van der Waals surface area contributed by atoms with Gasteiger partial charge in [0.25, 0.3) is 5.91 Å². The molecule has 0 saturated carbocycles. The molecule has 0 bridgehead atoms. The van der Waals surface area contributed by atoms with Crippen molar-refractivity contribution < 1.29 is 4.79 Å². The third kappa shape index (κ3) is 2.58. The van der Waals surface area contributed by atoms with Crippen molar-refractivity contribution >= 4 is 22.5 Å². The Bertz CT molecular complexity index is 668. The minimum absolute atomic E-state index is 0.0458. The topological polar surface area (TPSA) is 45.2 Å². The lowest BCUT2D eigenvalue weighted by molar-refractivity contribution is 0.0630. The van der Waals surface area contributed by atoms with Crippen LogP contribution in [-0.4, -0.2) is 35.4 Å². The number of hydrogen-bond acceptors (Lipinski definition) is 3. The van der Waals surface area contributed by atoms with Crippen molar-refractivity contribution in [3.63, 3.8) is 0 Å². The van der Waals surface area contributed by atoms with Crippen molar-refractivity contribution in [1.29, 1.82) is 0 Å². The number of fused-ring (bicyclic) bond motifs is 1. The first-order valence-electron chi connectivity index (χ1n) is 7.59. The van der Waals surface area contributed by atoms with Gasteiger partial charge in [-0.1, -0.05) is 24.3 Å². The zero-order chi connectivity index (χ0) is 14.8. The largest absolute Gasteiger partial charge is 0.373 e. The summed E-state index contributed by atoms with van der Waals surface area (Å²) in [5, 5.41) is 5.19. The first kappa shape index (κ1) is 13.9. The molecule has 0 spiro atoms. The number of carbonyl (C=O) groups is 1. The standard InChI is InChI=1S/C17H21N3O/c1-12-7-5-6-10-20(12)17(21)15-11-13-8-3-4-9-14(13)16(18-2)19-15/h3-4,8-9,11-12H,5-7,10H2,1-2H3,(H,18,19). The first-order valence-corrected chi connectivity index (χ1v) is 7.59. The molecule has 1 fully saturated rings. The summed E-state index contributed by atoms with van der Waals surface area (Å²) in [5.41, 5.74) is 0.534. The molecule has 110 valence electrons. The van der Waals surface area contributed by atoms with Crippen LogP contribution >= 0.6 is 0 Å². The van der Waals surface area contributed by atoms with E-state index in [1.807, 2.05) is 42.3 Å². The van der Waals surface area contributed by atoms with Crippen LogP contribution in [0.25, 0.3) is 10.8 Å². The van der Waals surface area contributed by atoms with Crippen LogP contribution in [0.2, 0.25) is 0 Å². The van der Waals surface area contributed by atoms with Crippen LogP contribution < -0.4 is 5.32 Å². The molecule has 4 heteroatoms. The zero-order valence-electron chi connectivity index (χ0n) is 12.6. The highest BCUT2D eigenvalue weighted by molar-refractivity contribution is 6.00. The molecule has 1 N–H and O–H groups in total. The third-order valence-corrected chi connectivity index (χ3v) is 4.26. The van der Waals surface area contributed by atoms with Crippen LogP contribution in [0.3, 0.4) is 0 Å². The fourth-order valence-corrected chi connectivity index (χ4v) is 3.05. The molecule has 0 radical (unpaired) electrons. The van der Waals surface area contributed by atoms with Crippen LogP contribution in [0, 0.1) is 0 Å². The molecule has 4 nitrogen and oxygen atoms in total. The van der Waals surface area contributed by atoms with Crippen LogP contribution in [0.5, 0.6) is 0 Å². The Morgan fingerprint density at radius 3 is 2.90 bits per heavy atom. The lowest BCUT2D eigenvalue weighted by Crippen LogP contribution is -2.42. The Kier molecular flexibility index (Phi) is 3.78. The van der Waals surface area contributed by atoms with E-state index in [2.05, 4.69) is 17.2 Å². The number of nitrogens with zero attached hydrogens (tertiary/aromatic N) is 2. The van der Waals surface area contributed by atoms with E-state index in [-0.39, 0.29) is 5.91 Å². The van der Waals surface area contributed by atoms with Crippen LogP contribution in [0.4, 0.5) is 5.82 Å².